The maximum atomic E-state index is 14.0. The van der Waals surface area contributed by atoms with Crippen molar-refractivity contribution in [3.63, 3.8) is 0 Å². The number of esters is 1. The van der Waals surface area contributed by atoms with E-state index in [9.17, 15) is 19.2 Å². The molecule has 0 aromatic carbocycles. The summed E-state index contributed by atoms with van der Waals surface area (Å²) in [6.07, 6.45) is 4.77. The molecule has 0 unspecified atom stereocenters. The lowest BCUT2D eigenvalue weighted by Gasteiger charge is -2.38. The number of likely N-dealkylation sites (N-methyl/N-ethyl adjacent to an activating group) is 2. The summed E-state index contributed by atoms with van der Waals surface area (Å²) in [7, 11) is 6.63. The van der Waals surface area contributed by atoms with Crippen LogP contribution in [0.1, 0.15) is 101 Å². The highest BCUT2D eigenvalue weighted by atomic mass is 32.1. The van der Waals surface area contributed by atoms with Gasteiger partial charge in [0.05, 0.1) is 13.2 Å². The molecule has 43 heavy (non-hydrogen) atoms. The third-order valence-corrected chi connectivity index (χ3v) is 9.54. The van der Waals surface area contributed by atoms with E-state index >= 15 is 0 Å². The van der Waals surface area contributed by atoms with Gasteiger partial charge in [-0.15, -0.1) is 11.3 Å². The smallest absolute Gasteiger partial charge is 0.328 e. The lowest BCUT2D eigenvalue weighted by atomic mass is 9.92. The number of nitrogens with zero attached hydrogens (tertiary/aromatic N) is 3. The molecule has 1 fully saturated rings. The van der Waals surface area contributed by atoms with Gasteiger partial charge in [-0.1, -0.05) is 53.9 Å². The van der Waals surface area contributed by atoms with Crippen molar-refractivity contribution in [2.75, 3.05) is 34.9 Å². The van der Waals surface area contributed by atoms with Crippen molar-refractivity contribution >= 4 is 35.0 Å². The van der Waals surface area contributed by atoms with Crippen molar-refractivity contribution in [3.8, 4) is 0 Å². The molecule has 1 aliphatic heterocycles. The van der Waals surface area contributed by atoms with Crippen LogP contribution < -0.4 is 10.6 Å². The molecule has 1 saturated heterocycles. The number of rotatable bonds is 16. The average Bonchev–Trinajstić information content (AvgIpc) is 3.49. The van der Waals surface area contributed by atoms with E-state index in [0.717, 1.165) is 32.2 Å². The summed E-state index contributed by atoms with van der Waals surface area (Å²) < 4.78 is 10.6. The number of piperidine rings is 1. The van der Waals surface area contributed by atoms with Crippen LogP contribution in [0.4, 0.5) is 0 Å². The van der Waals surface area contributed by atoms with Crippen LogP contribution in [-0.2, 0) is 23.9 Å². The molecule has 1 aliphatic rings. The van der Waals surface area contributed by atoms with E-state index in [-0.39, 0.29) is 41.4 Å². The Labute approximate surface area is 261 Å². The molecule has 0 aliphatic carbocycles. The van der Waals surface area contributed by atoms with Gasteiger partial charge in [0.1, 0.15) is 28.9 Å². The minimum absolute atomic E-state index is 0.0413. The zero-order chi connectivity index (χ0) is 32.3. The number of likely N-dealkylation sites (tertiary alicyclic amines) is 1. The van der Waals surface area contributed by atoms with E-state index < -0.39 is 30.1 Å². The van der Waals surface area contributed by atoms with Crippen molar-refractivity contribution < 1.29 is 28.7 Å². The molecule has 12 heteroatoms. The van der Waals surface area contributed by atoms with Crippen molar-refractivity contribution in [1.29, 1.82) is 0 Å². The van der Waals surface area contributed by atoms with Crippen LogP contribution >= 0.6 is 11.3 Å². The van der Waals surface area contributed by atoms with E-state index in [1.807, 2.05) is 27.8 Å². The van der Waals surface area contributed by atoms with E-state index in [1.165, 1.54) is 18.4 Å². The van der Waals surface area contributed by atoms with Crippen LogP contribution in [0.25, 0.3) is 0 Å². The van der Waals surface area contributed by atoms with Gasteiger partial charge in [-0.2, -0.15) is 0 Å². The lowest BCUT2D eigenvalue weighted by molar-refractivity contribution is -0.143. The largest absolute Gasteiger partial charge is 0.467 e. The van der Waals surface area contributed by atoms with Crippen molar-refractivity contribution in [3.05, 3.63) is 16.1 Å². The Hall–Kier alpha value is -2.57. The molecular formula is C31H53N5O6S. The number of thiazole rings is 1. The van der Waals surface area contributed by atoms with Crippen LogP contribution in [0.2, 0.25) is 0 Å². The molecule has 3 amide bonds. The van der Waals surface area contributed by atoms with Gasteiger partial charge >= 0.3 is 5.97 Å². The number of hydrogen-bond donors (Lipinski definition) is 2. The SMILES string of the molecule is CCC[C@H](NC(=O)c1csc([C@@H](C[C@H](C(C)C)N(C)C(=O)[C@@H](NC(=O)[C@H]2CCCCN2C)[C@@H](C)CC)OC)n1)C(=O)OC. The zero-order valence-electron chi connectivity index (χ0n) is 27.5. The Morgan fingerprint density at radius 2 is 1.84 bits per heavy atom. The van der Waals surface area contributed by atoms with Crippen LogP contribution in [0.15, 0.2) is 5.38 Å². The van der Waals surface area contributed by atoms with Crippen LogP contribution in [0.3, 0.4) is 0 Å². The maximum Gasteiger partial charge on any atom is 0.328 e. The van der Waals surface area contributed by atoms with Crippen molar-refractivity contribution in [1.82, 2.24) is 25.4 Å². The molecule has 0 saturated carbocycles. The summed E-state index contributed by atoms with van der Waals surface area (Å²) in [6.45, 7) is 10.9. The van der Waals surface area contributed by atoms with E-state index in [0.29, 0.717) is 24.3 Å². The molecule has 2 heterocycles. The number of methoxy groups -OCH3 is 2. The highest BCUT2D eigenvalue weighted by molar-refractivity contribution is 7.09. The van der Waals surface area contributed by atoms with Gasteiger partial charge in [-0.05, 0) is 44.7 Å². The Kier molecular flexibility index (Phi) is 15.0. The molecule has 6 atom stereocenters. The molecule has 11 nitrogen and oxygen atoms in total. The quantitative estimate of drug-likeness (QED) is 0.266. The fourth-order valence-corrected chi connectivity index (χ4v) is 6.46. The Balaban J connectivity index is 2.20. The summed E-state index contributed by atoms with van der Waals surface area (Å²) in [6, 6.07) is -1.82. The summed E-state index contributed by atoms with van der Waals surface area (Å²) >= 11 is 1.30. The Morgan fingerprint density at radius 1 is 1.14 bits per heavy atom. The molecule has 1 aromatic rings. The monoisotopic (exact) mass is 623 g/mol. The molecule has 2 rings (SSSR count). The summed E-state index contributed by atoms with van der Waals surface area (Å²) in [5.74, 6) is -1.12. The minimum Gasteiger partial charge on any atom is -0.467 e. The average molecular weight is 624 g/mol. The first-order valence-corrected chi connectivity index (χ1v) is 16.4. The van der Waals surface area contributed by atoms with Gasteiger partial charge < -0.3 is 25.0 Å². The van der Waals surface area contributed by atoms with Gasteiger partial charge in [0.2, 0.25) is 11.8 Å². The molecule has 2 N–H and O–H groups in total. The van der Waals surface area contributed by atoms with Gasteiger partial charge in [0.25, 0.3) is 5.91 Å². The highest BCUT2D eigenvalue weighted by Gasteiger charge is 2.37. The van der Waals surface area contributed by atoms with Crippen LogP contribution in [0, 0.1) is 11.8 Å². The van der Waals surface area contributed by atoms with E-state index in [4.69, 9.17) is 9.47 Å². The molecular weight excluding hydrogens is 570 g/mol. The standard InChI is InChI=1S/C31H53N5O6S/c1-10-14-21(31(40)42-9)32-27(37)22-18-43-29(33-22)25(41-8)17-24(19(3)4)36(7)30(39)26(20(5)11-2)34-28(38)23-15-12-13-16-35(23)6/h18-21,23-26H,10-17H2,1-9H3,(H,32,37)(H,34,38)/t20-,21-,23+,24+,25+,26-/m0/s1. The molecule has 0 bridgehead atoms. The van der Waals surface area contributed by atoms with Gasteiger partial charge in [0, 0.05) is 32.0 Å². The Morgan fingerprint density at radius 3 is 2.40 bits per heavy atom. The molecule has 0 radical (unpaired) electrons. The fourth-order valence-electron chi connectivity index (χ4n) is 5.57. The lowest BCUT2D eigenvalue weighted by Crippen LogP contribution is -2.58. The number of nitrogens with one attached hydrogen (secondary N) is 2. The molecule has 0 spiro atoms. The second kappa shape index (κ2) is 17.7. The normalized spacial score (nSPS) is 19.2. The van der Waals surface area contributed by atoms with Crippen molar-refractivity contribution in [2.45, 2.75) is 110 Å². The first-order chi connectivity index (χ1) is 20.4. The number of ether oxygens (including phenoxy) is 2. The number of carbonyl (C=O) groups is 4. The van der Waals surface area contributed by atoms with Crippen LogP contribution in [0.5, 0.6) is 0 Å². The van der Waals surface area contributed by atoms with E-state index in [1.54, 1.807) is 24.4 Å². The number of hydrogen-bond acceptors (Lipinski definition) is 9. The minimum atomic E-state index is -0.742. The van der Waals surface area contributed by atoms with Gasteiger partial charge in [0.15, 0.2) is 0 Å². The zero-order valence-corrected chi connectivity index (χ0v) is 28.3. The van der Waals surface area contributed by atoms with Gasteiger partial charge in [-0.3, -0.25) is 19.3 Å². The summed E-state index contributed by atoms with van der Waals surface area (Å²) in [4.78, 5) is 60.6. The first kappa shape index (κ1) is 36.6. The highest BCUT2D eigenvalue weighted by Crippen LogP contribution is 2.30. The first-order valence-electron chi connectivity index (χ1n) is 15.5. The topological polar surface area (TPSA) is 130 Å². The summed E-state index contributed by atoms with van der Waals surface area (Å²) in [5, 5.41) is 8.07. The predicted molar refractivity (Wildman–Crippen MR) is 168 cm³/mol. The third-order valence-electron chi connectivity index (χ3n) is 8.60. The van der Waals surface area contributed by atoms with Crippen LogP contribution in [-0.4, -0.2) is 97.5 Å². The number of carbonyl (C=O) groups excluding carboxylic acids is 4. The third kappa shape index (κ3) is 9.97. The fraction of sp³-hybridized carbons (Fsp3) is 0.774. The van der Waals surface area contributed by atoms with Gasteiger partial charge in [-0.25, -0.2) is 9.78 Å². The molecule has 1 aromatic heterocycles. The summed E-state index contributed by atoms with van der Waals surface area (Å²) in [5.41, 5.74) is 0.199. The Bertz CT molecular complexity index is 1070. The predicted octanol–water partition coefficient (Wildman–Crippen LogP) is 3.79. The number of aromatic nitrogens is 1. The maximum absolute atomic E-state index is 14.0. The van der Waals surface area contributed by atoms with Crippen molar-refractivity contribution in [2.24, 2.45) is 11.8 Å². The van der Waals surface area contributed by atoms with E-state index in [2.05, 4.69) is 34.4 Å². The number of amides is 3. The second-order valence-corrected chi connectivity index (χ2v) is 12.9. The molecule has 244 valence electrons. The second-order valence-electron chi connectivity index (χ2n) is 12.0.